The number of benzene rings is 2. The van der Waals surface area contributed by atoms with E-state index in [-0.39, 0.29) is 11.7 Å². The Bertz CT molecular complexity index is 1190. The Hall–Kier alpha value is -3.71. The van der Waals surface area contributed by atoms with E-state index in [0.717, 1.165) is 11.1 Å². The summed E-state index contributed by atoms with van der Waals surface area (Å²) in [6.07, 6.45) is 1.71. The zero-order chi connectivity index (χ0) is 20.9. The van der Waals surface area contributed by atoms with E-state index in [4.69, 9.17) is 4.42 Å². The molecule has 0 atom stereocenters. The number of amides is 2. The molecule has 30 heavy (non-hydrogen) atoms. The van der Waals surface area contributed by atoms with Crippen LogP contribution in [0.5, 0.6) is 0 Å². The fourth-order valence-corrected chi connectivity index (χ4v) is 3.13. The van der Waals surface area contributed by atoms with Crippen LogP contribution in [0, 0.1) is 0 Å². The quantitative estimate of drug-likeness (QED) is 0.404. The summed E-state index contributed by atoms with van der Waals surface area (Å²) in [4.78, 5) is 29.1. The number of rotatable bonds is 5. The molecule has 0 saturated carbocycles. The van der Waals surface area contributed by atoms with E-state index in [9.17, 15) is 9.59 Å². The molecule has 0 aliphatic heterocycles. The second-order valence-electron chi connectivity index (χ2n) is 6.39. The molecule has 0 saturated heterocycles. The topological polar surface area (TPSA) is 84.2 Å². The van der Waals surface area contributed by atoms with Crippen LogP contribution in [0.4, 0.5) is 11.5 Å². The van der Waals surface area contributed by atoms with Gasteiger partial charge in [-0.2, -0.15) is 0 Å². The third kappa shape index (κ3) is 4.64. The van der Waals surface area contributed by atoms with Gasteiger partial charge in [-0.15, -0.1) is 0 Å². The molecule has 2 amide bonds. The first-order valence-electron chi connectivity index (χ1n) is 9.08. The van der Waals surface area contributed by atoms with Crippen LogP contribution in [0.2, 0.25) is 0 Å². The lowest BCUT2D eigenvalue weighted by molar-refractivity contribution is 0.0992. The van der Waals surface area contributed by atoms with Gasteiger partial charge in [-0.1, -0.05) is 36.4 Å². The molecule has 0 fully saturated rings. The van der Waals surface area contributed by atoms with E-state index in [2.05, 4.69) is 31.5 Å². The number of carbonyl (C=O) groups is 2. The van der Waals surface area contributed by atoms with E-state index in [1.54, 1.807) is 48.7 Å². The number of carbonyl (C=O) groups excluding carboxylic acids is 2. The fraction of sp³-hybridized carbons (Fsp3) is 0. The van der Waals surface area contributed by atoms with Crippen molar-refractivity contribution in [2.75, 3.05) is 10.6 Å². The molecule has 6 nitrogen and oxygen atoms in total. The molecule has 0 aliphatic rings. The predicted molar refractivity (Wildman–Crippen MR) is 118 cm³/mol. The van der Waals surface area contributed by atoms with Crippen LogP contribution >= 0.6 is 15.9 Å². The largest absolute Gasteiger partial charge is 0.444 e. The van der Waals surface area contributed by atoms with Crippen LogP contribution in [0.3, 0.4) is 0 Å². The summed E-state index contributed by atoms with van der Waals surface area (Å²) >= 11 is 3.16. The fourth-order valence-electron chi connectivity index (χ4n) is 2.82. The molecule has 4 rings (SSSR count). The first kappa shape index (κ1) is 19.6. The van der Waals surface area contributed by atoms with Gasteiger partial charge >= 0.3 is 0 Å². The summed E-state index contributed by atoms with van der Waals surface area (Å²) in [5.41, 5.74) is 2.88. The highest BCUT2D eigenvalue weighted by Gasteiger charge is 2.13. The van der Waals surface area contributed by atoms with Crippen molar-refractivity contribution in [3.05, 3.63) is 101 Å². The van der Waals surface area contributed by atoms with Crippen LogP contribution in [0.15, 0.2) is 94.1 Å². The van der Waals surface area contributed by atoms with Gasteiger partial charge in [0.25, 0.3) is 11.8 Å². The molecule has 0 aliphatic carbocycles. The summed E-state index contributed by atoms with van der Waals surface area (Å²) in [5.74, 6) is -0.128. The van der Waals surface area contributed by atoms with Crippen molar-refractivity contribution in [3.63, 3.8) is 0 Å². The molecule has 0 spiro atoms. The van der Waals surface area contributed by atoms with Gasteiger partial charge in [0.1, 0.15) is 5.82 Å². The minimum absolute atomic E-state index is 0.166. The Morgan fingerprint density at radius 1 is 0.800 bits per heavy atom. The number of halogens is 1. The Kier molecular flexibility index (Phi) is 5.72. The number of aromatic nitrogens is 1. The highest BCUT2D eigenvalue weighted by Crippen LogP contribution is 2.20. The molecule has 0 unspecified atom stereocenters. The van der Waals surface area contributed by atoms with Gasteiger partial charge in [0, 0.05) is 23.0 Å². The maximum absolute atomic E-state index is 12.6. The van der Waals surface area contributed by atoms with Crippen molar-refractivity contribution < 1.29 is 14.0 Å². The molecule has 2 aromatic carbocycles. The number of pyridine rings is 1. The Balaban J connectivity index is 1.43. The van der Waals surface area contributed by atoms with Crippen molar-refractivity contribution >= 4 is 39.2 Å². The summed E-state index contributed by atoms with van der Waals surface area (Å²) in [6.45, 7) is 0. The minimum Gasteiger partial charge on any atom is -0.444 e. The number of nitrogens with zero attached hydrogens (tertiary/aromatic N) is 1. The lowest BCUT2D eigenvalue weighted by Gasteiger charge is -2.08. The molecule has 2 heterocycles. The van der Waals surface area contributed by atoms with E-state index in [0.29, 0.717) is 21.7 Å². The summed E-state index contributed by atoms with van der Waals surface area (Å²) < 4.78 is 5.70. The van der Waals surface area contributed by atoms with E-state index in [1.165, 1.54) is 0 Å². The number of hydrogen-bond donors (Lipinski definition) is 2. The van der Waals surface area contributed by atoms with E-state index in [1.807, 2.05) is 36.4 Å². The van der Waals surface area contributed by atoms with Gasteiger partial charge in [0.05, 0.1) is 0 Å². The smallest absolute Gasteiger partial charge is 0.291 e. The molecule has 2 aromatic heterocycles. The Morgan fingerprint density at radius 3 is 2.33 bits per heavy atom. The van der Waals surface area contributed by atoms with Crippen molar-refractivity contribution in [3.8, 4) is 11.1 Å². The Morgan fingerprint density at radius 2 is 1.63 bits per heavy atom. The van der Waals surface area contributed by atoms with Crippen LogP contribution in [0.25, 0.3) is 11.1 Å². The highest BCUT2D eigenvalue weighted by atomic mass is 79.9. The number of nitrogens with one attached hydrogen (secondary N) is 2. The second kappa shape index (κ2) is 8.75. The maximum atomic E-state index is 12.6. The number of anilines is 2. The maximum Gasteiger partial charge on any atom is 0.291 e. The van der Waals surface area contributed by atoms with Crippen LogP contribution in [-0.2, 0) is 0 Å². The Labute approximate surface area is 181 Å². The van der Waals surface area contributed by atoms with Gasteiger partial charge in [-0.05, 0) is 64.0 Å². The van der Waals surface area contributed by atoms with Gasteiger partial charge in [0.15, 0.2) is 10.4 Å². The zero-order valence-electron chi connectivity index (χ0n) is 15.6. The molecule has 0 bridgehead atoms. The first-order valence-corrected chi connectivity index (χ1v) is 9.87. The number of hydrogen-bond acceptors (Lipinski definition) is 4. The summed E-state index contributed by atoms with van der Waals surface area (Å²) in [7, 11) is 0. The summed E-state index contributed by atoms with van der Waals surface area (Å²) in [5, 5.41) is 5.47. The van der Waals surface area contributed by atoms with Crippen molar-refractivity contribution in [2.24, 2.45) is 0 Å². The minimum atomic E-state index is -0.406. The van der Waals surface area contributed by atoms with Crippen LogP contribution < -0.4 is 10.6 Å². The molecule has 0 radical (unpaired) electrons. The lowest BCUT2D eigenvalue weighted by atomic mass is 10.1. The molecular weight excluding hydrogens is 446 g/mol. The number of furan rings is 1. The summed E-state index contributed by atoms with van der Waals surface area (Å²) in [6, 6.07) is 23.3. The average Bonchev–Trinajstić information content (AvgIpc) is 3.21. The molecule has 148 valence electrons. The van der Waals surface area contributed by atoms with Crippen LogP contribution in [0.1, 0.15) is 20.9 Å². The molecule has 4 aromatic rings. The molecule has 2 N–H and O–H groups in total. The van der Waals surface area contributed by atoms with Gasteiger partial charge < -0.3 is 15.1 Å². The van der Waals surface area contributed by atoms with E-state index < -0.39 is 5.91 Å². The van der Waals surface area contributed by atoms with Crippen LogP contribution in [-0.4, -0.2) is 16.8 Å². The first-order chi connectivity index (χ1) is 14.6. The molecule has 7 heteroatoms. The van der Waals surface area contributed by atoms with Crippen molar-refractivity contribution in [2.45, 2.75) is 0 Å². The SMILES string of the molecule is O=C(Nc1ccc(-c2ccccc2)cn1)c1cccc(NC(=O)c2ccc(Br)o2)c1. The normalized spacial score (nSPS) is 10.4. The standard InChI is InChI=1S/C23H16BrN3O3/c24-20-11-10-19(30-20)23(29)26-18-8-4-7-16(13-18)22(28)27-21-12-9-17(14-25-21)15-5-2-1-3-6-15/h1-14H,(H,26,29)(H,25,27,28). The third-order valence-corrected chi connectivity index (χ3v) is 4.72. The molecular formula is C23H16BrN3O3. The monoisotopic (exact) mass is 461 g/mol. The lowest BCUT2D eigenvalue weighted by Crippen LogP contribution is -2.14. The van der Waals surface area contributed by atoms with Gasteiger partial charge in [-0.3, -0.25) is 9.59 Å². The predicted octanol–water partition coefficient (Wildman–Crippen LogP) is 5.61. The average molecular weight is 462 g/mol. The van der Waals surface area contributed by atoms with E-state index >= 15 is 0 Å². The van der Waals surface area contributed by atoms with Gasteiger partial charge in [0.2, 0.25) is 0 Å². The third-order valence-electron chi connectivity index (χ3n) is 4.29. The van der Waals surface area contributed by atoms with Gasteiger partial charge in [-0.25, -0.2) is 4.98 Å². The zero-order valence-corrected chi connectivity index (χ0v) is 17.2. The highest BCUT2D eigenvalue weighted by molar-refractivity contribution is 9.10. The second-order valence-corrected chi connectivity index (χ2v) is 7.17. The van der Waals surface area contributed by atoms with Crippen molar-refractivity contribution in [1.29, 1.82) is 0 Å². The van der Waals surface area contributed by atoms with Crippen molar-refractivity contribution in [1.82, 2.24) is 4.98 Å².